The molecule has 2 saturated heterocycles. The normalized spacial score (nSPS) is 47.1. The van der Waals surface area contributed by atoms with Crippen LogP contribution in [0.3, 0.4) is 0 Å². The van der Waals surface area contributed by atoms with Crippen LogP contribution in [-0.4, -0.2) is 50.5 Å². The number of fused-ring (bicyclic) bond motifs is 1. The number of hydrogen-bond acceptors (Lipinski definition) is 5. The number of nitrogens with one attached hydrogen (secondary N) is 1. The molecule has 0 saturated carbocycles. The Bertz CT molecular complexity index is 297. The van der Waals surface area contributed by atoms with E-state index in [1.807, 2.05) is 13.8 Å². The summed E-state index contributed by atoms with van der Waals surface area (Å²) < 4.78 is 21.5. The minimum atomic E-state index is -0.760. The van der Waals surface area contributed by atoms with Gasteiger partial charge in [-0.2, -0.15) is 0 Å². The molecule has 0 aromatic rings. The Morgan fingerprint density at radius 2 is 2.06 bits per heavy atom. The van der Waals surface area contributed by atoms with Gasteiger partial charge in [0.15, 0.2) is 11.9 Å². The van der Waals surface area contributed by atoms with Crippen LogP contribution in [0.15, 0.2) is 0 Å². The maximum Gasteiger partial charge on any atom is 0.408 e. The second-order valence-electron chi connectivity index (χ2n) is 4.30. The van der Waals surface area contributed by atoms with Crippen molar-refractivity contribution in [3.05, 3.63) is 0 Å². The first kappa shape index (κ1) is 11.6. The molecule has 6 nitrogen and oxygen atoms in total. The van der Waals surface area contributed by atoms with Gasteiger partial charge in [0.05, 0.1) is 6.10 Å². The van der Waals surface area contributed by atoms with E-state index in [2.05, 4.69) is 5.32 Å². The molecular formula is C10H17NO5. The van der Waals surface area contributed by atoms with Crippen LogP contribution in [0.5, 0.6) is 0 Å². The van der Waals surface area contributed by atoms with E-state index in [9.17, 15) is 4.79 Å². The van der Waals surface area contributed by atoms with Crippen molar-refractivity contribution in [2.75, 3.05) is 14.2 Å². The zero-order chi connectivity index (χ0) is 11.9. The Balaban J connectivity index is 2.31. The SMILES string of the molecule is CO[C@H]1O[C@H](C)[C@@H]2NC(=O)O[C@]2(C)[C@@H]1OC. The smallest absolute Gasteiger partial charge is 0.408 e. The summed E-state index contributed by atoms with van der Waals surface area (Å²) in [4.78, 5) is 11.3. The van der Waals surface area contributed by atoms with Crippen LogP contribution in [-0.2, 0) is 18.9 Å². The van der Waals surface area contributed by atoms with Crippen molar-refractivity contribution in [1.82, 2.24) is 5.32 Å². The third-order valence-electron chi connectivity index (χ3n) is 3.32. The van der Waals surface area contributed by atoms with Crippen molar-refractivity contribution in [3.8, 4) is 0 Å². The summed E-state index contributed by atoms with van der Waals surface area (Å²) in [5.74, 6) is 0. The molecule has 0 radical (unpaired) electrons. The van der Waals surface area contributed by atoms with E-state index in [1.165, 1.54) is 7.11 Å². The second kappa shape index (κ2) is 3.87. The summed E-state index contributed by atoms with van der Waals surface area (Å²) in [5.41, 5.74) is -0.760. The highest BCUT2D eigenvalue weighted by Crippen LogP contribution is 2.37. The number of rotatable bonds is 2. The molecule has 92 valence electrons. The Labute approximate surface area is 94.2 Å². The predicted molar refractivity (Wildman–Crippen MR) is 54.0 cm³/mol. The Kier molecular flexibility index (Phi) is 2.81. The summed E-state index contributed by atoms with van der Waals surface area (Å²) in [6.07, 6.45) is -1.61. The molecular weight excluding hydrogens is 214 g/mol. The van der Waals surface area contributed by atoms with Crippen molar-refractivity contribution >= 4 is 6.09 Å². The number of methoxy groups -OCH3 is 2. The number of hydrogen-bond donors (Lipinski definition) is 1. The third kappa shape index (κ3) is 1.49. The van der Waals surface area contributed by atoms with Crippen molar-refractivity contribution in [3.63, 3.8) is 0 Å². The maximum atomic E-state index is 11.3. The van der Waals surface area contributed by atoms with Gasteiger partial charge in [-0.05, 0) is 13.8 Å². The number of carbonyl (C=O) groups excluding carboxylic acids is 1. The molecule has 2 aliphatic heterocycles. The van der Waals surface area contributed by atoms with Gasteiger partial charge in [0.2, 0.25) is 0 Å². The number of ether oxygens (including phenoxy) is 4. The highest BCUT2D eigenvalue weighted by molar-refractivity contribution is 5.71. The van der Waals surface area contributed by atoms with Crippen LogP contribution in [0.2, 0.25) is 0 Å². The fourth-order valence-electron chi connectivity index (χ4n) is 2.54. The average molecular weight is 231 g/mol. The summed E-state index contributed by atoms with van der Waals surface area (Å²) in [6, 6.07) is -0.226. The van der Waals surface area contributed by atoms with Gasteiger partial charge < -0.3 is 24.3 Å². The quantitative estimate of drug-likeness (QED) is 0.738. The van der Waals surface area contributed by atoms with Crippen molar-refractivity contribution in [2.24, 2.45) is 0 Å². The number of amides is 1. The largest absolute Gasteiger partial charge is 0.438 e. The van der Waals surface area contributed by atoms with Gasteiger partial charge in [-0.25, -0.2) is 4.79 Å². The molecule has 2 aliphatic rings. The van der Waals surface area contributed by atoms with E-state index in [4.69, 9.17) is 18.9 Å². The van der Waals surface area contributed by atoms with Gasteiger partial charge in [-0.3, -0.25) is 0 Å². The Morgan fingerprint density at radius 3 is 2.62 bits per heavy atom. The lowest BCUT2D eigenvalue weighted by molar-refractivity contribution is -0.283. The van der Waals surface area contributed by atoms with Gasteiger partial charge in [0.1, 0.15) is 12.1 Å². The van der Waals surface area contributed by atoms with Gasteiger partial charge in [0, 0.05) is 14.2 Å². The van der Waals surface area contributed by atoms with Crippen LogP contribution >= 0.6 is 0 Å². The summed E-state index contributed by atoms with van der Waals surface area (Å²) >= 11 is 0. The topological polar surface area (TPSA) is 66.0 Å². The summed E-state index contributed by atoms with van der Waals surface area (Å²) in [5, 5.41) is 2.73. The molecule has 1 amide bonds. The van der Waals surface area contributed by atoms with E-state index in [-0.39, 0.29) is 12.1 Å². The van der Waals surface area contributed by atoms with Gasteiger partial charge in [0.25, 0.3) is 0 Å². The second-order valence-corrected chi connectivity index (χ2v) is 4.30. The number of carbonyl (C=O) groups is 1. The molecule has 1 N–H and O–H groups in total. The van der Waals surface area contributed by atoms with Crippen molar-refractivity contribution in [2.45, 2.75) is 44.0 Å². The summed E-state index contributed by atoms with van der Waals surface area (Å²) in [7, 11) is 3.09. The minimum Gasteiger partial charge on any atom is -0.438 e. The molecule has 2 rings (SSSR count). The van der Waals surface area contributed by atoms with Crippen LogP contribution < -0.4 is 5.32 Å². The highest BCUT2D eigenvalue weighted by Gasteiger charge is 2.60. The number of alkyl carbamates (subject to hydrolysis) is 1. The lowest BCUT2D eigenvalue weighted by atomic mass is 9.84. The molecule has 0 aromatic carbocycles. The van der Waals surface area contributed by atoms with E-state index < -0.39 is 24.1 Å². The van der Waals surface area contributed by atoms with E-state index >= 15 is 0 Å². The molecule has 0 spiro atoms. The average Bonchev–Trinajstić information content (AvgIpc) is 2.54. The Hall–Kier alpha value is -0.850. The zero-order valence-corrected chi connectivity index (χ0v) is 9.85. The molecule has 0 unspecified atom stereocenters. The fraction of sp³-hybridized carbons (Fsp3) is 0.900. The molecule has 0 aromatic heterocycles. The van der Waals surface area contributed by atoms with E-state index in [1.54, 1.807) is 7.11 Å². The first-order valence-electron chi connectivity index (χ1n) is 5.23. The first-order chi connectivity index (χ1) is 7.52. The van der Waals surface area contributed by atoms with Crippen LogP contribution in [0.4, 0.5) is 4.79 Å². The lowest BCUT2D eigenvalue weighted by Gasteiger charge is -2.45. The first-order valence-corrected chi connectivity index (χ1v) is 5.23. The third-order valence-corrected chi connectivity index (χ3v) is 3.32. The molecule has 2 heterocycles. The standard InChI is InChI=1S/C10H17NO5/c1-5-6-10(2,16-9(12)11-6)7(13-3)8(14-4)15-5/h5-8H,1-4H3,(H,11,12)/t5-,6+,7-,8+,10+/m1/s1. The summed E-state index contributed by atoms with van der Waals surface area (Å²) in [6.45, 7) is 3.70. The van der Waals surface area contributed by atoms with Crippen molar-refractivity contribution in [1.29, 1.82) is 0 Å². The van der Waals surface area contributed by atoms with E-state index in [0.717, 1.165) is 0 Å². The Morgan fingerprint density at radius 1 is 1.38 bits per heavy atom. The highest BCUT2D eigenvalue weighted by atomic mass is 16.7. The van der Waals surface area contributed by atoms with Crippen molar-refractivity contribution < 1.29 is 23.7 Å². The van der Waals surface area contributed by atoms with Crippen LogP contribution in [0.25, 0.3) is 0 Å². The molecule has 5 atom stereocenters. The molecule has 16 heavy (non-hydrogen) atoms. The van der Waals surface area contributed by atoms with E-state index in [0.29, 0.717) is 0 Å². The van der Waals surface area contributed by atoms with Gasteiger partial charge in [-0.1, -0.05) is 0 Å². The zero-order valence-electron chi connectivity index (χ0n) is 9.85. The molecule has 0 aliphatic carbocycles. The lowest BCUT2D eigenvalue weighted by Crippen LogP contribution is -2.65. The molecule has 0 bridgehead atoms. The molecule has 6 heteroatoms. The van der Waals surface area contributed by atoms with Gasteiger partial charge >= 0.3 is 6.09 Å². The predicted octanol–water partition coefficient (Wildman–Crippen LogP) is 0.260. The van der Waals surface area contributed by atoms with Crippen LogP contribution in [0.1, 0.15) is 13.8 Å². The molecule has 2 fully saturated rings. The van der Waals surface area contributed by atoms with Crippen LogP contribution in [0, 0.1) is 0 Å². The fourth-order valence-corrected chi connectivity index (χ4v) is 2.54. The minimum absolute atomic E-state index is 0.187. The van der Waals surface area contributed by atoms with Gasteiger partial charge in [-0.15, -0.1) is 0 Å². The monoisotopic (exact) mass is 231 g/mol. The maximum absolute atomic E-state index is 11.3.